The number of aryl methyl sites for hydroxylation is 2. The van der Waals surface area contributed by atoms with E-state index in [-0.39, 0.29) is 0 Å². The van der Waals surface area contributed by atoms with Gasteiger partial charge in [-0.25, -0.2) is 8.78 Å². The van der Waals surface area contributed by atoms with Gasteiger partial charge in [0.2, 0.25) is 0 Å². The van der Waals surface area contributed by atoms with Gasteiger partial charge in [0.05, 0.1) is 0 Å². The standard InChI is InChI=1S/C35H46F2/c1-3-5-7-8-9-10-11-12-13-15-17-29-20-24-31(25-21-29)33-27-26-32(34(36)35(33)37)30-22-18-28(19-23-30)16-14-6-4-2/h18-27H,3-17H2,1-2H3. The fraction of sp³-hybridized carbons (Fsp3) is 0.486. The van der Waals surface area contributed by atoms with E-state index >= 15 is 8.78 Å². The largest absolute Gasteiger partial charge is 0.203 e. The molecule has 200 valence electrons. The number of benzene rings is 3. The Hall–Kier alpha value is -2.48. The van der Waals surface area contributed by atoms with Gasteiger partial charge in [-0.15, -0.1) is 0 Å². The highest BCUT2D eigenvalue weighted by atomic mass is 19.2. The van der Waals surface area contributed by atoms with Crippen molar-refractivity contribution in [2.24, 2.45) is 0 Å². The van der Waals surface area contributed by atoms with Crippen molar-refractivity contribution in [1.29, 1.82) is 0 Å². The first-order chi connectivity index (χ1) is 18.1. The molecule has 0 aliphatic carbocycles. The Morgan fingerprint density at radius 3 is 1.14 bits per heavy atom. The minimum Gasteiger partial charge on any atom is -0.203 e. The van der Waals surface area contributed by atoms with Crippen molar-refractivity contribution in [2.75, 3.05) is 0 Å². The summed E-state index contributed by atoms with van der Waals surface area (Å²) in [7, 11) is 0. The van der Waals surface area contributed by atoms with Crippen LogP contribution in [0.4, 0.5) is 8.78 Å². The summed E-state index contributed by atoms with van der Waals surface area (Å²) in [5, 5.41) is 0. The Morgan fingerprint density at radius 2 is 0.730 bits per heavy atom. The monoisotopic (exact) mass is 504 g/mol. The predicted molar refractivity (Wildman–Crippen MR) is 156 cm³/mol. The molecule has 3 rings (SSSR count). The minimum absolute atomic E-state index is 0.318. The molecule has 0 unspecified atom stereocenters. The second kappa shape index (κ2) is 16.4. The van der Waals surface area contributed by atoms with Crippen molar-refractivity contribution in [2.45, 2.75) is 110 Å². The molecule has 0 aromatic heterocycles. The maximum absolute atomic E-state index is 15.1. The normalized spacial score (nSPS) is 11.2. The highest BCUT2D eigenvalue weighted by Crippen LogP contribution is 2.32. The smallest absolute Gasteiger partial charge is 0.167 e. The summed E-state index contributed by atoms with van der Waals surface area (Å²) in [6.45, 7) is 4.45. The number of halogens is 2. The first kappa shape index (κ1) is 29.1. The molecule has 0 bridgehead atoms. The maximum Gasteiger partial charge on any atom is 0.167 e. The maximum atomic E-state index is 15.1. The number of hydrogen-bond donors (Lipinski definition) is 0. The molecule has 0 fully saturated rings. The van der Waals surface area contributed by atoms with Crippen LogP contribution in [0.15, 0.2) is 60.7 Å². The van der Waals surface area contributed by atoms with Crippen LogP contribution in [-0.2, 0) is 12.8 Å². The van der Waals surface area contributed by atoms with Crippen molar-refractivity contribution in [3.8, 4) is 22.3 Å². The molecular formula is C35H46F2. The third-order valence-corrected chi connectivity index (χ3v) is 7.50. The Bertz CT molecular complexity index is 1030. The molecule has 0 aliphatic heterocycles. The summed E-state index contributed by atoms with van der Waals surface area (Å²) in [5.41, 5.74) is 4.59. The van der Waals surface area contributed by atoms with Crippen LogP contribution in [0.25, 0.3) is 22.3 Å². The Balaban J connectivity index is 1.49. The molecule has 0 saturated heterocycles. The summed E-state index contributed by atoms with van der Waals surface area (Å²) in [5.74, 6) is -1.54. The quantitative estimate of drug-likeness (QED) is 0.160. The van der Waals surface area contributed by atoms with Gasteiger partial charge in [-0.3, -0.25) is 0 Å². The summed E-state index contributed by atoms with van der Waals surface area (Å²) < 4.78 is 30.1. The molecule has 3 aromatic rings. The van der Waals surface area contributed by atoms with E-state index in [9.17, 15) is 0 Å². The molecule has 0 nitrogen and oxygen atoms in total. The van der Waals surface area contributed by atoms with Gasteiger partial charge in [-0.2, -0.15) is 0 Å². The summed E-state index contributed by atoms with van der Waals surface area (Å²) in [6, 6.07) is 19.3. The van der Waals surface area contributed by atoms with E-state index in [2.05, 4.69) is 26.0 Å². The van der Waals surface area contributed by atoms with E-state index in [0.29, 0.717) is 16.7 Å². The van der Waals surface area contributed by atoms with Gasteiger partial charge in [0.15, 0.2) is 11.6 Å². The third kappa shape index (κ3) is 9.40. The van der Waals surface area contributed by atoms with Crippen LogP contribution in [0.3, 0.4) is 0 Å². The molecule has 0 N–H and O–H groups in total. The van der Waals surface area contributed by atoms with E-state index in [1.165, 1.54) is 88.2 Å². The average Bonchev–Trinajstić information content (AvgIpc) is 2.92. The van der Waals surface area contributed by atoms with E-state index in [1.807, 2.05) is 36.4 Å². The Kier molecular flexibility index (Phi) is 12.9. The minimum atomic E-state index is -0.773. The van der Waals surface area contributed by atoms with Crippen LogP contribution in [0.5, 0.6) is 0 Å². The van der Waals surface area contributed by atoms with Crippen molar-refractivity contribution in [3.05, 3.63) is 83.4 Å². The first-order valence-corrected chi connectivity index (χ1v) is 14.8. The third-order valence-electron chi connectivity index (χ3n) is 7.50. The van der Waals surface area contributed by atoms with Gasteiger partial charge in [0.25, 0.3) is 0 Å². The fourth-order valence-corrected chi connectivity index (χ4v) is 5.09. The first-order valence-electron chi connectivity index (χ1n) is 14.8. The highest BCUT2D eigenvalue weighted by Gasteiger charge is 2.16. The molecule has 37 heavy (non-hydrogen) atoms. The zero-order valence-electron chi connectivity index (χ0n) is 23.1. The van der Waals surface area contributed by atoms with Crippen LogP contribution in [0.2, 0.25) is 0 Å². The fourth-order valence-electron chi connectivity index (χ4n) is 5.09. The Morgan fingerprint density at radius 1 is 0.405 bits per heavy atom. The second-order valence-electron chi connectivity index (χ2n) is 10.6. The van der Waals surface area contributed by atoms with Crippen LogP contribution in [0.1, 0.15) is 108 Å². The predicted octanol–water partition coefficient (Wildman–Crippen LogP) is 11.5. The van der Waals surface area contributed by atoms with E-state index in [1.54, 1.807) is 12.1 Å². The van der Waals surface area contributed by atoms with Crippen molar-refractivity contribution in [1.82, 2.24) is 0 Å². The summed E-state index contributed by atoms with van der Waals surface area (Å²) in [6.07, 6.45) is 18.9. The molecule has 0 spiro atoms. The lowest BCUT2D eigenvalue weighted by Crippen LogP contribution is -1.95. The second-order valence-corrected chi connectivity index (χ2v) is 10.6. The van der Waals surface area contributed by atoms with Gasteiger partial charge >= 0.3 is 0 Å². The summed E-state index contributed by atoms with van der Waals surface area (Å²) >= 11 is 0. The average molecular weight is 505 g/mol. The van der Waals surface area contributed by atoms with E-state index in [4.69, 9.17) is 0 Å². The van der Waals surface area contributed by atoms with Gasteiger partial charge in [-0.05, 0) is 47.9 Å². The van der Waals surface area contributed by atoms with Gasteiger partial charge < -0.3 is 0 Å². The zero-order valence-corrected chi connectivity index (χ0v) is 23.1. The molecule has 0 atom stereocenters. The van der Waals surface area contributed by atoms with Crippen LogP contribution in [-0.4, -0.2) is 0 Å². The summed E-state index contributed by atoms with van der Waals surface area (Å²) in [4.78, 5) is 0. The molecule has 0 aliphatic rings. The van der Waals surface area contributed by atoms with Crippen molar-refractivity contribution in [3.63, 3.8) is 0 Å². The molecule has 2 heteroatoms. The molecular weight excluding hydrogens is 458 g/mol. The lowest BCUT2D eigenvalue weighted by molar-refractivity contribution is 0.514. The van der Waals surface area contributed by atoms with Crippen molar-refractivity contribution < 1.29 is 8.78 Å². The molecule has 3 aromatic carbocycles. The number of hydrogen-bond acceptors (Lipinski definition) is 0. The van der Waals surface area contributed by atoms with Crippen LogP contribution >= 0.6 is 0 Å². The van der Waals surface area contributed by atoms with Gasteiger partial charge in [-0.1, -0.05) is 145 Å². The lowest BCUT2D eigenvalue weighted by Gasteiger charge is -2.11. The molecule has 0 saturated carbocycles. The van der Waals surface area contributed by atoms with Crippen LogP contribution in [0, 0.1) is 11.6 Å². The highest BCUT2D eigenvalue weighted by molar-refractivity contribution is 5.72. The Labute approximate surface area is 224 Å². The topological polar surface area (TPSA) is 0 Å². The van der Waals surface area contributed by atoms with E-state index in [0.717, 1.165) is 24.8 Å². The number of rotatable bonds is 17. The molecule has 0 amide bonds. The van der Waals surface area contributed by atoms with Crippen molar-refractivity contribution >= 4 is 0 Å². The van der Waals surface area contributed by atoms with Gasteiger partial charge in [0.1, 0.15) is 0 Å². The zero-order chi connectivity index (χ0) is 26.3. The van der Waals surface area contributed by atoms with E-state index < -0.39 is 11.6 Å². The van der Waals surface area contributed by atoms with Gasteiger partial charge in [0, 0.05) is 11.1 Å². The number of unbranched alkanes of at least 4 members (excludes halogenated alkanes) is 11. The molecule has 0 radical (unpaired) electrons. The van der Waals surface area contributed by atoms with Crippen LogP contribution < -0.4 is 0 Å². The molecule has 0 heterocycles. The SMILES string of the molecule is CCCCCCCCCCCCc1ccc(-c2ccc(-c3ccc(CCCCC)cc3)c(F)c2F)cc1. The lowest BCUT2D eigenvalue weighted by atomic mass is 9.96.